The maximum Gasteiger partial charge on any atom is 0.101 e. The van der Waals surface area contributed by atoms with E-state index in [4.69, 9.17) is 5.73 Å². The highest BCUT2D eigenvalue weighted by Crippen LogP contribution is 2.23. The second-order valence-electron chi connectivity index (χ2n) is 3.67. The molecule has 1 aromatic heterocycles. The highest BCUT2D eigenvalue weighted by atomic mass is 32.2. The number of thioether (sulfide) groups is 1. The third-order valence-electron chi connectivity index (χ3n) is 2.44. The molecule has 2 nitrogen and oxygen atoms in total. The summed E-state index contributed by atoms with van der Waals surface area (Å²) in [5, 5.41) is 1.12. The molecule has 15 heavy (non-hydrogen) atoms. The summed E-state index contributed by atoms with van der Waals surface area (Å²) >= 11 is 1.83. The van der Waals surface area contributed by atoms with Crippen LogP contribution in [0.25, 0.3) is 0 Å². The van der Waals surface area contributed by atoms with Gasteiger partial charge in [0.2, 0.25) is 0 Å². The highest BCUT2D eigenvalue weighted by Gasteiger charge is 2.05. The summed E-state index contributed by atoms with van der Waals surface area (Å²) < 4.78 is 0. The smallest absolute Gasteiger partial charge is 0.101 e. The molecule has 0 saturated carbocycles. The number of unbranched alkanes of at least 4 members (excludes halogenated alkanes) is 2. The van der Waals surface area contributed by atoms with Gasteiger partial charge in [0.05, 0.1) is 0 Å². The highest BCUT2D eigenvalue weighted by molar-refractivity contribution is 7.99. The Morgan fingerprint density at radius 1 is 1.40 bits per heavy atom. The summed E-state index contributed by atoms with van der Waals surface area (Å²) in [5.41, 5.74) is 8.19. The van der Waals surface area contributed by atoms with E-state index in [1.54, 1.807) is 0 Å². The van der Waals surface area contributed by atoms with Crippen LogP contribution in [0.1, 0.15) is 37.3 Å². The molecule has 0 amide bonds. The van der Waals surface area contributed by atoms with Gasteiger partial charge in [-0.3, -0.25) is 0 Å². The van der Waals surface area contributed by atoms with E-state index in [1.807, 2.05) is 24.0 Å². The number of aromatic nitrogens is 1. The Bertz CT molecular complexity index is 300. The average Bonchev–Trinajstić information content (AvgIpc) is 2.24. The quantitative estimate of drug-likeness (QED) is 0.596. The van der Waals surface area contributed by atoms with E-state index in [0.29, 0.717) is 6.54 Å². The van der Waals surface area contributed by atoms with Crippen LogP contribution in [0.4, 0.5) is 0 Å². The Labute approximate surface area is 96.7 Å². The lowest BCUT2D eigenvalue weighted by atomic mass is 10.2. The van der Waals surface area contributed by atoms with Crippen LogP contribution in [-0.2, 0) is 6.54 Å². The van der Waals surface area contributed by atoms with E-state index >= 15 is 0 Å². The summed E-state index contributed by atoms with van der Waals surface area (Å²) in [5.74, 6) is 1.15. The maximum absolute atomic E-state index is 5.73. The zero-order chi connectivity index (χ0) is 11.1. The van der Waals surface area contributed by atoms with Crippen molar-refractivity contribution in [2.75, 3.05) is 5.75 Å². The lowest BCUT2D eigenvalue weighted by molar-refractivity contribution is 0.777. The Balaban J connectivity index is 2.56. The van der Waals surface area contributed by atoms with Crippen LogP contribution < -0.4 is 5.73 Å². The number of aryl methyl sites for hydroxylation is 1. The van der Waals surface area contributed by atoms with Crippen molar-refractivity contribution in [1.29, 1.82) is 0 Å². The minimum atomic E-state index is 0.593. The van der Waals surface area contributed by atoms with Gasteiger partial charge in [-0.15, -0.1) is 11.8 Å². The Hall–Kier alpha value is -0.540. The van der Waals surface area contributed by atoms with Gasteiger partial charge in [0.25, 0.3) is 0 Å². The SMILES string of the molecule is CCCCCSc1nccc(C)c1CN. The molecule has 0 aliphatic heterocycles. The first-order chi connectivity index (χ1) is 7.29. The van der Waals surface area contributed by atoms with E-state index < -0.39 is 0 Å². The van der Waals surface area contributed by atoms with E-state index in [0.717, 1.165) is 10.8 Å². The van der Waals surface area contributed by atoms with Crippen LogP contribution in [0.2, 0.25) is 0 Å². The van der Waals surface area contributed by atoms with E-state index in [2.05, 4.69) is 18.8 Å². The Morgan fingerprint density at radius 2 is 2.20 bits per heavy atom. The molecule has 0 fully saturated rings. The molecule has 84 valence electrons. The van der Waals surface area contributed by atoms with E-state index in [9.17, 15) is 0 Å². The molecule has 0 saturated heterocycles. The van der Waals surface area contributed by atoms with Crippen molar-refractivity contribution in [3.05, 3.63) is 23.4 Å². The van der Waals surface area contributed by atoms with Gasteiger partial charge in [0.1, 0.15) is 5.03 Å². The van der Waals surface area contributed by atoms with Crippen molar-refractivity contribution in [3.8, 4) is 0 Å². The van der Waals surface area contributed by atoms with E-state index in [-0.39, 0.29) is 0 Å². The number of rotatable bonds is 6. The van der Waals surface area contributed by atoms with Crippen molar-refractivity contribution in [1.82, 2.24) is 4.98 Å². The third kappa shape index (κ3) is 3.84. The van der Waals surface area contributed by atoms with Crippen LogP contribution in [0.15, 0.2) is 17.3 Å². The molecule has 2 N–H and O–H groups in total. The third-order valence-corrected chi connectivity index (χ3v) is 3.56. The lowest BCUT2D eigenvalue weighted by Gasteiger charge is -2.08. The van der Waals surface area contributed by atoms with Crippen molar-refractivity contribution in [2.24, 2.45) is 5.73 Å². The molecule has 0 aliphatic rings. The molecule has 0 unspecified atom stereocenters. The maximum atomic E-state index is 5.73. The largest absolute Gasteiger partial charge is 0.326 e. The standard InChI is InChI=1S/C12H20N2S/c1-3-4-5-8-15-12-11(9-13)10(2)6-7-14-12/h6-7H,3-5,8-9,13H2,1-2H3. The minimum absolute atomic E-state index is 0.593. The van der Waals surface area contributed by atoms with Gasteiger partial charge >= 0.3 is 0 Å². The van der Waals surface area contributed by atoms with Crippen molar-refractivity contribution >= 4 is 11.8 Å². The van der Waals surface area contributed by atoms with Crippen LogP contribution >= 0.6 is 11.8 Å². The second-order valence-corrected chi connectivity index (χ2v) is 4.75. The van der Waals surface area contributed by atoms with Crippen LogP contribution in [0.3, 0.4) is 0 Å². The number of nitrogens with two attached hydrogens (primary N) is 1. The normalized spacial score (nSPS) is 10.6. The van der Waals surface area contributed by atoms with Gasteiger partial charge in [-0.05, 0) is 30.7 Å². The van der Waals surface area contributed by atoms with Gasteiger partial charge in [-0.25, -0.2) is 4.98 Å². The van der Waals surface area contributed by atoms with E-state index in [1.165, 1.54) is 30.4 Å². The first-order valence-corrected chi connectivity index (χ1v) is 6.55. The fraction of sp³-hybridized carbons (Fsp3) is 0.583. The lowest BCUT2D eigenvalue weighted by Crippen LogP contribution is -2.03. The number of nitrogens with zero attached hydrogens (tertiary/aromatic N) is 1. The number of pyridine rings is 1. The summed E-state index contributed by atoms with van der Waals surface area (Å²) in [6, 6.07) is 2.03. The van der Waals surface area contributed by atoms with Crippen molar-refractivity contribution < 1.29 is 0 Å². The van der Waals surface area contributed by atoms with Gasteiger partial charge in [0.15, 0.2) is 0 Å². The molecule has 1 rings (SSSR count). The van der Waals surface area contributed by atoms with Crippen molar-refractivity contribution in [3.63, 3.8) is 0 Å². The summed E-state index contributed by atoms with van der Waals surface area (Å²) in [4.78, 5) is 4.39. The molecule has 0 radical (unpaired) electrons. The molecule has 0 atom stereocenters. The molecule has 1 heterocycles. The van der Waals surface area contributed by atoms with Gasteiger partial charge in [-0.1, -0.05) is 19.8 Å². The molecule has 0 aliphatic carbocycles. The number of hydrogen-bond donors (Lipinski definition) is 1. The minimum Gasteiger partial charge on any atom is -0.326 e. The molecule has 1 aromatic rings. The topological polar surface area (TPSA) is 38.9 Å². The molecule has 0 spiro atoms. The summed E-state index contributed by atoms with van der Waals surface area (Å²) in [6.07, 6.45) is 5.71. The second kappa shape index (κ2) is 6.85. The Kier molecular flexibility index (Phi) is 5.73. The number of hydrogen-bond acceptors (Lipinski definition) is 3. The predicted molar refractivity (Wildman–Crippen MR) is 67.1 cm³/mol. The average molecular weight is 224 g/mol. The molecule has 0 bridgehead atoms. The fourth-order valence-corrected chi connectivity index (χ4v) is 2.55. The molecule has 3 heteroatoms. The first kappa shape index (κ1) is 12.5. The van der Waals surface area contributed by atoms with Gasteiger partial charge in [0, 0.05) is 18.3 Å². The summed E-state index contributed by atoms with van der Waals surface area (Å²) in [7, 11) is 0. The summed E-state index contributed by atoms with van der Waals surface area (Å²) in [6.45, 7) is 4.91. The van der Waals surface area contributed by atoms with Crippen LogP contribution in [0.5, 0.6) is 0 Å². The molecular formula is C12H20N2S. The zero-order valence-electron chi connectivity index (χ0n) is 9.62. The molecular weight excluding hydrogens is 204 g/mol. The first-order valence-electron chi connectivity index (χ1n) is 5.57. The monoisotopic (exact) mass is 224 g/mol. The van der Waals surface area contributed by atoms with Crippen LogP contribution in [0, 0.1) is 6.92 Å². The zero-order valence-corrected chi connectivity index (χ0v) is 10.4. The molecule has 0 aromatic carbocycles. The van der Waals surface area contributed by atoms with Crippen molar-refractivity contribution in [2.45, 2.75) is 44.7 Å². The van der Waals surface area contributed by atoms with Gasteiger partial charge < -0.3 is 5.73 Å². The Morgan fingerprint density at radius 3 is 2.87 bits per heavy atom. The fourth-order valence-electron chi connectivity index (χ4n) is 1.46. The predicted octanol–water partition coefficient (Wildman–Crippen LogP) is 3.13. The van der Waals surface area contributed by atoms with Crippen LogP contribution in [-0.4, -0.2) is 10.7 Å². The van der Waals surface area contributed by atoms with Gasteiger partial charge in [-0.2, -0.15) is 0 Å².